The minimum atomic E-state index is -1.55. The Morgan fingerprint density at radius 3 is 2.00 bits per heavy atom. The first-order valence-electron chi connectivity index (χ1n) is 1.81. The lowest BCUT2D eigenvalue weighted by molar-refractivity contribution is -0.155. The Balaban J connectivity index is 3.84. The van der Waals surface area contributed by atoms with E-state index in [0.29, 0.717) is 5.01 Å². The number of carbonyl (C=O) groups excluding carboxylic acids is 1. The van der Waals surface area contributed by atoms with Crippen LogP contribution in [0.25, 0.3) is 0 Å². The summed E-state index contributed by atoms with van der Waals surface area (Å²) in [6.07, 6.45) is 0. The fraction of sp³-hybridized carbons (Fsp3) is 0.333. The van der Waals surface area contributed by atoms with Crippen LogP contribution in [0.1, 0.15) is 0 Å². The summed E-state index contributed by atoms with van der Waals surface area (Å²) in [5.41, 5.74) is 0. The van der Waals surface area contributed by atoms with E-state index >= 15 is 0 Å². The summed E-state index contributed by atoms with van der Waals surface area (Å²) in [5, 5.41) is 8.38. The quantitative estimate of drug-likeness (QED) is 0.174. The van der Waals surface area contributed by atoms with E-state index in [-0.39, 0.29) is 0 Å². The summed E-state index contributed by atoms with van der Waals surface area (Å²) < 4.78 is 0. The van der Waals surface area contributed by atoms with Gasteiger partial charge in [-0.25, -0.2) is 10.6 Å². The number of nitrogens with two attached hydrogens (primary N) is 1. The molecule has 8 heavy (non-hydrogen) atoms. The molecule has 0 fully saturated rings. The van der Waals surface area contributed by atoms with Crippen molar-refractivity contribution in [1.29, 1.82) is 0 Å². The van der Waals surface area contributed by atoms with E-state index in [9.17, 15) is 9.59 Å². The highest BCUT2D eigenvalue weighted by molar-refractivity contribution is 6.31. The first-order valence-corrected chi connectivity index (χ1v) is 1.81. The van der Waals surface area contributed by atoms with Crippen LogP contribution in [0.4, 0.5) is 0 Å². The second-order valence-electron chi connectivity index (χ2n) is 1.22. The van der Waals surface area contributed by atoms with Gasteiger partial charge in [0.1, 0.15) is 0 Å². The van der Waals surface area contributed by atoms with Gasteiger partial charge in [-0.1, -0.05) is 0 Å². The second kappa shape index (κ2) is 2.27. The summed E-state index contributed by atoms with van der Waals surface area (Å²) in [7, 11) is 1.16. The van der Waals surface area contributed by atoms with Gasteiger partial charge in [0, 0.05) is 7.05 Å². The smallest absolute Gasteiger partial charge is 0.395 e. The number of carboxylic acid groups (broad SMARTS) is 1. The van der Waals surface area contributed by atoms with Crippen molar-refractivity contribution in [3.63, 3.8) is 0 Å². The monoisotopic (exact) mass is 118 g/mol. The van der Waals surface area contributed by atoms with E-state index in [1.807, 2.05) is 0 Å². The second-order valence-corrected chi connectivity index (χ2v) is 1.22. The predicted molar refractivity (Wildman–Crippen MR) is 24.6 cm³/mol. The van der Waals surface area contributed by atoms with Crippen molar-refractivity contribution in [2.45, 2.75) is 0 Å². The minimum absolute atomic E-state index is 0.502. The number of rotatable bonds is 0. The van der Waals surface area contributed by atoms with Gasteiger partial charge < -0.3 is 5.11 Å². The summed E-state index contributed by atoms with van der Waals surface area (Å²) in [5.74, 6) is 2.07. The van der Waals surface area contributed by atoms with Gasteiger partial charge in [-0.2, -0.15) is 0 Å². The Morgan fingerprint density at radius 2 is 2.00 bits per heavy atom. The topological polar surface area (TPSA) is 83.6 Å². The normalized spacial score (nSPS) is 8.25. The number of likely N-dealkylation sites (N-methyl/N-ethyl adjacent to an activating group) is 1. The number of hydrazine groups is 1. The molecule has 0 aliphatic rings. The van der Waals surface area contributed by atoms with Gasteiger partial charge in [-0.15, -0.1) is 0 Å². The van der Waals surface area contributed by atoms with Gasteiger partial charge in [0.25, 0.3) is 0 Å². The van der Waals surface area contributed by atoms with Gasteiger partial charge in [-0.3, -0.25) is 9.80 Å². The molecule has 46 valence electrons. The summed E-state index contributed by atoms with van der Waals surface area (Å²) in [6.45, 7) is 0. The lowest BCUT2D eigenvalue weighted by atomic mass is 10.6. The van der Waals surface area contributed by atoms with Gasteiger partial charge in [0.05, 0.1) is 0 Å². The number of hydrogen-bond donors (Lipinski definition) is 2. The molecule has 0 rings (SSSR count). The molecule has 0 unspecified atom stereocenters. The molecule has 0 aliphatic carbocycles. The number of hydrogen-bond acceptors (Lipinski definition) is 3. The van der Waals surface area contributed by atoms with Gasteiger partial charge in [0.15, 0.2) is 0 Å². The van der Waals surface area contributed by atoms with Crippen molar-refractivity contribution in [3.05, 3.63) is 0 Å². The molecule has 0 aliphatic heterocycles. The number of aliphatic carboxylic acids is 1. The third kappa shape index (κ3) is 1.57. The molecule has 0 spiro atoms. The molecule has 5 nitrogen and oxygen atoms in total. The number of carbonyl (C=O) groups is 2. The van der Waals surface area contributed by atoms with E-state index in [0.717, 1.165) is 7.05 Å². The fourth-order valence-electron chi connectivity index (χ4n) is 0.151. The zero-order valence-electron chi connectivity index (χ0n) is 4.29. The molecule has 0 saturated heterocycles. The highest BCUT2D eigenvalue weighted by atomic mass is 16.4. The van der Waals surface area contributed by atoms with Crippen molar-refractivity contribution in [2.24, 2.45) is 5.84 Å². The molecule has 0 radical (unpaired) electrons. The average Bonchev–Trinajstić information content (AvgIpc) is 1.64. The van der Waals surface area contributed by atoms with Crippen molar-refractivity contribution < 1.29 is 14.7 Å². The number of amides is 1. The molecule has 1 amide bonds. The Hall–Kier alpha value is -1.10. The van der Waals surface area contributed by atoms with Crippen LogP contribution in [0, 0.1) is 0 Å². The Kier molecular flexibility index (Phi) is 1.96. The average molecular weight is 118 g/mol. The molecule has 0 aromatic heterocycles. The van der Waals surface area contributed by atoms with E-state index < -0.39 is 11.9 Å². The zero-order chi connectivity index (χ0) is 6.73. The van der Waals surface area contributed by atoms with E-state index in [1.165, 1.54) is 0 Å². The number of carboxylic acids is 1. The molecule has 3 N–H and O–H groups in total. The van der Waals surface area contributed by atoms with E-state index in [2.05, 4.69) is 0 Å². The molecule has 0 aromatic rings. The third-order valence-electron chi connectivity index (χ3n) is 0.503. The van der Waals surface area contributed by atoms with Crippen LogP contribution in [0.15, 0.2) is 0 Å². The fourth-order valence-corrected chi connectivity index (χ4v) is 0.151. The Morgan fingerprint density at radius 1 is 1.62 bits per heavy atom. The van der Waals surface area contributed by atoms with Crippen LogP contribution in [-0.4, -0.2) is 29.0 Å². The minimum Gasteiger partial charge on any atom is -0.474 e. The van der Waals surface area contributed by atoms with E-state index in [4.69, 9.17) is 10.9 Å². The van der Waals surface area contributed by atoms with Crippen molar-refractivity contribution in [1.82, 2.24) is 5.01 Å². The summed E-state index contributed by atoms with van der Waals surface area (Å²) >= 11 is 0. The van der Waals surface area contributed by atoms with Crippen LogP contribution in [0.2, 0.25) is 0 Å². The first kappa shape index (κ1) is 6.90. The summed E-state index contributed by atoms with van der Waals surface area (Å²) in [4.78, 5) is 19.7. The lowest BCUT2D eigenvalue weighted by Gasteiger charge is -2.03. The van der Waals surface area contributed by atoms with Crippen molar-refractivity contribution in [3.8, 4) is 0 Å². The molecular weight excluding hydrogens is 112 g/mol. The molecule has 0 saturated carbocycles. The van der Waals surface area contributed by atoms with Gasteiger partial charge in [-0.05, 0) is 0 Å². The van der Waals surface area contributed by atoms with Crippen molar-refractivity contribution in [2.75, 3.05) is 7.05 Å². The lowest BCUT2D eigenvalue weighted by Crippen LogP contribution is -2.38. The van der Waals surface area contributed by atoms with Crippen LogP contribution in [0.5, 0.6) is 0 Å². The molecule has 0 atom stereocenters. The van der Waals surface area contributed by atoms with Gasteiger partial charge in [0.2, 0.25) is 0 Å². The maximum absolute atomic E-state index is 10.0. The summed E-state index contributed by atoms with van der Waals surface area (Å²) in [6, 6.07) is 0. The molecule has 0 bridgehead atoms. The predicted octanol–water partition coefficient (Wildman–Crippen LogP) is -1.60. The Labute approximate surface area is 45.7 Å². The maximum Gasteiger partial charge on any atom is 0.395 e. The highest BCUT2D eigenvalue weighted by Gasteiger charge is 2.12. The van der Waals surface area contributed by atoms with Crippen molar-refractivity contribution >= 4 is 11.9 Å². The highest BCUT2D eigenvalue weighted by Crippen LogP contribution is 1.71. The molecule has 5 heteroatoms. The van der Waals surface area contributed by atoms with Crippen LogP contribution in [0.3, 0.4) is 0 Å². The van der Waals surface area contributed by atoms with Crippen LogP contribution >= 0.6 is 0 Å². The molecule has 0 aromatic carbocycles. The Bertz CT molecular complexity index is 120. The van der Waals surface area contributed by atoms with E-state index in [1.54, 1.807) is 0 Å². The van der Waals surface area contributed by atoms with Gasteiger partial charge >= 0.3 is 11.9 Å². The maximum atomic E-state index is 10.0. The molecule has 0 heterocycles. The van der Waals surface area contributed by atoms with Crippen LogP contribution in [-0.2, 0) is 9.59 Å². The zero-order valence-corrected chi connectivity index (χ0v) is 4.29. The largest absolute Gasteiger partial charge is 0.474 e. The first-order chi connectivity index (χ1) is 3.55. The number of nitrogens with zero attached hydrogens (tertiary/aromatic N) is 1. The SMILES string of the molecule is CN(N)C(=O)C(=O)O. The standard InChI is InChI=1S/C3H6N2O3/c1-5(4)2(6)3(7)8/h4H2,1H3,(H,7,8). The third-order valence-corrected chi connectivity index (χ3v) is 0.503. The molecular formula is C3H6N2O3. The van der Waals surface area contributed by atoms with Crippen LogP contribution < -0.4 is 5.84 Å².